The Labute approximate surface area is 242 Å². The summed E-state index contributed by atoms with van der Waals surface area (Å²) >= 11 is 0. The molecule has 1 fully saturated rings. The molecule has 1 atom stereocenters. The standard InChI is InChI=1S/C33H41N5O3/c1-23(2)26-14-10-11-15-28(26)38-29-22-35(21-25-12-8-7-9-13-25)17-16-27(29)30(34-31(38)39)37-19-18-36(20-24(37)3)32(40)41-33(4,5)6/h7-17,23-24H,18-22H2,1-6H3/t24-/m1/s1. The van der Waals surface area contributed by atoms with Gasteiger partial charge < -0.3 is 19.4 Å². The summed E-state index contributed by atoms with van der Waals surface area (Å²) in [5.74, 6) is 0.921. The van der Waals surface area contributed by atoms with E-state index in [0.717, 1.165) is 29.1 Å². The summed E-state index contributed by atoms with van der Waals surface area (Å²) in [7, 11) is 0. The van der Waals surface area contributed by atoms with Crippen molar-refractivity contribution in [3.8, 4) is 5.69 Å². The van der Waals surface area contributed by atoms with Gasteiger partial charge in [0.2, 0.25) is 0 Å². The number of anilines is 1. The van der Waals surface area contributed by atoms with Crippen molar-refractivity contribution in [3.63, 3.8) is 0 Å². The van der Waals surface area contributed by atoms with Gasteiger partial charge in [-0.15, -0.1) is 0 Å². The van der Waals surface area contributed by atoms with Gasteiger partial charge in [0.25, 0.3) is 0 Å². The van der Waals surface area contributed by atoms with Crippen LogP contribution in [0.5, 0.6) is 0 Å². The number of ether oxygens (including phenoxy) is 1. The largest absolute Gasteiger partial charge is 0.444 e. The second-order valence-electron chi connectivity index (χ2n) is 12.3. The van der Waals surface area contributed by atoms with Crippen molar-refractivity contribution >= 4 is 18.0 Å². The van der Waals surface area contributed by atoms with Gasteiger partial charge in [0.15, 0.2) is 0 Å². The summed E-state index contributed by atoms with van der Waals surface area (Å²) in [6, 6.07) is 18.4. The summed E-state index contributed by atoms with van der Waals surface area (Å²) in [4.78, 5) is 37.5. The molecule has 8 nitrogen and oxygen atoms in total. The Morgan fingerprint density at radius 2 is 1.76 bits per heavy atom. The Bertz CT molecular complexity index is 1490. The van der Waals surface area contributed by atoms with Crippen LogP contribution >= 0.6 is 0 Å². The maximum atomic E-state index is 13.9. The Morgan fingerprint density at radius 1 is 1.05 bits per heavy atom. The smallest absolute Gasteiger partial charge is 0.410 e. The minimum Gasteiger partial charge on any atom is -0.444 e. The first-order chi connectivity index (χ1) is 19.5. The number of hydrogen-bond donors (Lipinski definition) is 0. The minimum atomic E-state index is -0.550. The number of hydrogen-bond acceptors (Lipinski definition) is 6. The monoisotopic (exact) mass is 555 g/mol. The number of piperazine rings is 1. The highest BCUT2D eigenvalue weighted by Crippen LogP contribution is 2.33. The van der Waals surface area contributed by atoms with Crippen LogP contribution in [0.1, 0.15) is 69.8 Å². The van der Waals surface area contributed by atoms with Gasteiger partial charge in [0.05, 0.1) is 17.9 Å². The molecule has 0 spiro atoms. The van der Waals surface area contributed by atoms with Gasteiger partial charge >= 0.3 is 11.8 Å². The first kappa shape index (κ1) is 28.5. The second-order valence-corrected chi connectivity index (χ2v) is 12.3. The summed E-state index contributed by atoms with van der Waals surface area (Å²) in [5.41, 5.74) is 4.22. The van der Waals surface area contributed by atoms with Crippen LogP contribution in [0.3, 0.4) is 0 Å². The Balaban J connectivity index is 1.54. The molecule has 5 rings (SSSR count). The van der Waals surface area contributed by atoms with E-state index in [1.54, 1.807) is 9.47 Å². The molecule has 216 valence electrons. The third-order valence-electron chi connectivity index (χ3n) is 7.60. The molecule has 2 aromatic carbocycles. The molecule has 0 aliphatic carbocycles. The second kappa shape index (κ2) is 11.4. The highest BCUT2D eigenvalue weighted by Gasteiger charge is 2.33. The van der Waals surface area contributed by atoms with E-state index in [2.05, 4.69) is 61.0 Å². The maximum absolute atomic E-state index is 13.9. The lowest BCUT2D eigenvalue weighted by molar-refractivity contribution is 0.0218. The van der Waals surface area contributed by atoms with E-state index < -0.39 is 5.60 Å². The van der Waals surface area contributed by atoms with Crippen molar-refractivity contribution in [2.45, 2.75) is 72.2 Å². The van der Waals surface area contributed by atoms with Crippen molar-refractivity contribution in [3.05, 3.63) is 93.7 Å². The zero-order chi connectivity index (χ0) is 29.3. The zero-order valence-electron chi connectivity index (χ0n) is 25.0. The summed E-state index contributed by atoms with van der Waals surface area (Å²) in [6.45, 7) is 14.8. The van der Waals surface area contributed by atoms with Crippen LogP contribution in [0, 0.1) is 0 Å². The predicted molar refractivity (Wildman–Crippen MR) is 163 cm³/mol. The van der Waals surface area contributed by atoms with E-state index in [4.69, 9.17) is 9.72 Å². The topological polar surface area (TPSA) is 70.9 Å². The van der Waals surface area contributed by atoms with Crippen LogP contribution in [0.15, 0.2) is 65.6 Å². The first-order valence-corrected chi connectivity index (χ1v) is 14.5. The highest BCUT2D eigenvalue weighted by atomic mass is 16.6. The molecule has 41 heavy (non-hydrogen) atoms. The van der Waals surface area contributed by atoms with Crippen molar-refractivity contribution in [1.82, 2.24) is 19.4 Å². The van der Waals surface area contributed by atoms with Crippen LogP contribution in [-0.2, 0) is 17.8 Å². The molecule has 0 N–H and O–H groups in total. The van der Waals surface area contributed by atoms with Crippen molar-refractivity contribution in [1.29, 1.82) is 0 Å². The fourth-order valence-electron chi connectivity index (χ4n) is 5.66. The van der Waals surface area contributed by atoms with E-state index in [9.17, 15) is 9.59 Å². The average Bonchev–Trinajstić information content (AvgIpc) is 2.92. The fraction of sp³-hybridized carbons (Fsp3) is 0.424. The minimum absolute atomic E-state index is 0.0400. The molecule has 0 unspecified atom stereocenters. The summed E-state index contributed by atoms with van der Waals surface area (Å²) in [5, 5.41) is 0. The van der Waals surface area contributed by atoms with Gasteiger partial charge in [-0.05, 0) is 56.9 Å². The molecule has 3 aromatic rings. The van der Waals surface area contributed by atoms with E-state index in [-0.39, 0.29) is 23.7 Å². The number of rotatable bonds is 5. The number of nitrogens with zero attached hydrogens (tertiary/aromatic N) is 5. The lowest BCUT2D eigenvalue weighted by Crippen LogP contribution is -2.55. The Hall–Kier alpha value is -4.07. The normalized spacial score (nSPS) is 17.1. The summed E-state index contributed by atoms with van der Waals surface area (Å²) in [6.07, 6.45) is 3.88. The van der Waals surface area contributed by atoms with Crippen molar-refractivity contribution in [2.24, 2.45) is 0 Å². The molecular formula is C33H41N5O3. The Morgan fingerprint density at radius 3 is 2.44 bits per heavy atom. The number of amides is 1. The van der Waals surface area contributed by atoms with Gasteiger partial charge in [0, 0.05) is 44.0 Å². The van der Waals surface area contributed by atoms with Gasteiger partial charge in [-0.3, -0.25) is 4.57 Å². The molecule has 1 aromatic heterocycles. The van der Waals surface area contributed by atoms with E-state index >= 15 is 0 Å². The third-order valence-corrected chi connectivity index (χ3v) is 7.60. The quantitative estimate of drug-likeness (QED) is 0.397. The molecule has 0 bridgehead atoms. The molecule has 1 saturated heterocycles. The number of carbonyl (C=O) groups is 1. The van der Waals surface area contributed by atoms with E-state index in [0.29, 0.717) is 32.0 Å². The van der Waals surface area contributed by atoms with Crippen molar-refractivity contribution in [2.75, 3.05) is 24.5 Å². The molecular weight excluding hydrogens is 514 g/mol. The molecule has 2 aliphatic heterocycles. The lowest BCUT2D eigenvalue weighted by atomic mass is 10.00. The highest BCUT2D eigenvalue weighted by molar-refractivity contribution is 5.71. The fourth-order valence-corrected chi connectivity index (χ4v) is 5.66. The van der Waals surface area contributed by atoms with Crippen LogP contribution in [0.4, 0.5) is 10.6 Å². The molecule has 1 amide bonds. The van der Waals surface area contributed by atoms with E-state index in [1.165, 1.54) is 5.56 Å². The van der Waals surface area contributed by atoms with Gasteiger partial charge in [-0.2, -0.15) is 4.98 Å². The number of benzene rings is 2. The number of para-hydroxylation sites is 1. The molecule has 2 aliphatic rings. The number of fused-ring (bicyclic) bond motifs is 1. The van der Waals surface area contributed by atoms with Gasteiger partial charge in [-0.25, -0.2) is 9.59 Å². The van der Waals surface area contributed by atoms with Crippen molar-refractivity contribution < 1.29 is 9.53 Å². The maximum Gasteiger partial charge on any atom is 0.410 e. The summed E-state index contributed by atoms with van der Waals surface area (Å²) < 4.78 is 7.42. The SMILES string of the molecule is CC(C)c1ccccc1-n1c2c(c(N3CCN(C(=O)OC(C)(C)C)C[C@H]3C)nc1=O)C=CN(Cc1ccccc1)C2. The number of aromatic nitrogens is 2. The van der Waals surface area contributed by atoms with Crippen LogP contribution in [0.25, 0.3) is 11.8 Å². The van der Waals surface area contributed by atoms with Crippen LogP contribution in [0.2, 0.25) is 0 Å². The number of carbonyl (C=O) groups excluding carboxylic acids is 1. The Kier molecular flexibility index (Phi) is 7.93. The molecule has 0 radical (unpaired) electrons. The molecule has 0 saturated carbocycles. The van der Waals surface area contributed by atoms with Crippen LogP contribution in [-0.4, -0.2) is 56.7 Å². The lowest BCUT2D eigenvalue weighted by Gasteiger charge is -2.42. The van der Waals surface area contributed by atoms with E-state index in [1.807, 2.05) is 57.2 Å². The molecule has 3 heterocycles. The predicted octanol–water partition coefficient (Wildman–Crippen LogP) is 5.79. The zero-order valence-corrected chi connectivity index (χ0v) is 25.0. The van der Waals surface area contributed by atoms with Gasteiger partial charge in [-0.1, -0.05) is 62.4 Å². The van der Waals surface area contributed by atoms with Crippen LogP contribution < -0.4 is 10.6 Å². The van der Waals surface area contributed by atoms with Gasteiger partial charge in [0.1, 0.15) is 11.4 Å². The first-order valence-electron chi connectivity index (χ1n) is 14.5. The molecule has 8 heteroatoms. The third kappa shape index (κ3) is 6.16. The average molecular weight is 556 g/mol.